The number of halogens is 1. The maximum absolute atomic E-state index is 13.0. The van der Waals surface area contributed by atoms with Crippen LogP contribution in [0.4, 0.5) is 0 Å². The first-order chi connectivity index (χ1) is 14.8. The molecule has 2 amide bonds. The maximum atomic E-state index is 13.0. The molecular weight excluding hydrogens is 464 g/mol. The third-order valence-electron chi connectivity index (χ3n) is 4.59. The van der Waals surface area contributed by atoms with Gasteiger partial charge in [0.25, 0.3) is 5.91 Å². The molecule has 2 rings (SSSR count). The van der Waals surface area contributed by atoms with Crippen LogP contribution in [0.3, 0.4) is 0 Å². The second-order valence-corrected chi connectivity index (χ2v) is 8.08. The predicted octanol–water partition coefficient (Wildman–Crippen LogP) is 3.63. The summed E-state index contributed by atoms with van der Waals surface area (Å²) in [5.41, 5.74) is 0.975. The molecule has 0 heterocycles. The Morgan fingerprint density at radius 3 is 2.10 bits per heavy atom. The van der Waals surface area contributed by atoms with Gasteiger partial charge in [-0.15, -0.1) is 0 Å². The number of ether oxygens (including phenoxy) is 2. The molecule has 8 heteroatoms. The van der Waals surface area contributed by atoms with Gasteiger partial charge in [-0.05, 0) is 54.8 Å². The predicted molar refractivity (Wildman–Crippen MR) is 121 cm³/mol. The van der Waals surface area contributed by atoms with Crippen LogP contribution in [0.5, 0.6) is 5.75 Å². The summed E-state index contributed by atoms with van der Waals surface area (Å²) in [5.74, 6) is -1.03. The SMILES string of the molecule is CCOc1ccc(C(=O)NC(C(=O)NC(C(=O)OC)c2ccc(Br)cc2)C(C)C)cc1. The number of carbonyl (C=O) groups is 3. The van der Waals surface area contributed by atoms with Crippen molar-refractivity contribution in [3.8, 4) is 5.75 Å². The number of methoxy groups -OCH3 is 1. The lowest BCUT2D eigenvalue weighted by atomic mass is 10.0. The highest BCUT2D eigenvalue weighted by atomic mass is 79.9. The van der Waals surface area contributed by atoms with Crippen molar-refractivity contribution in [1.82, 2.24) is 10.6 Å². The molecular formula is C23H27BrN2O5. The smallest absolute Gasteiger partial charge is 0.333 e. The highest BCUT2D eigenvalue weighted by molar-refractivity contribution is 9.10. The van der Waals surface area contributed by atoms with E-state index in [0.717, 1.165) is 4.47 Å². The first kappa shape index (κ1) is 24.4. The standard InChI is InChI=1S/C23H27BrN2O5/c1-5-31-18-12-8-16(9-13-18)21(27)25-19(14(2)3)22(28)26-20(23(29)30-4)15-6-10-17(24)11-7-15/h6-14,19-20H,5H2,1-4H3,(H,25,27)(H,26,28). The number of nitrogens with one attached hydrogen (secondary N) is 2. The van der Waals surface area contributed by atoms with Crippen molar-refractivity contribution in [2.45, 2.75) is 32.9 Å². The first-order valence-corrected chi connectivity index (χ1v) is 10.7. The summed E-state index contributed by atoms with van der Waals surface area (Å²) >= 11 is 3.35. The average molecular weight is 491 g/mol. The van der Waals surface area contributed by atoms with Crippen molar-refractivity contribution in [2.75, 3.05) is 13.7 Å². The van der Waals surface area contributed by atoms with Crippen LogP contribution in [0.2, 0.25) is 0 Å². The highest BCUT2D eigenvalue weighted by Crippen LogP contribution is 2.19. The van der Waals surface area contributed by atoms with Gasteiger partial charge in [-0.25, -0.2) is 4.79 Å². The highest BCUT2D eigenvalue weighted by Gasteiger charge is 2.30. The summed E-state index contributed by atoms with van der Waals surface area (Å²) in [5, 5.41) is 5.46. The van der Waals surface area contributed by atoms with E-state index in [-0.39, 0.29) is 5.92 Å². The molecule has 0 aromatic heterocycles. The van der Waals surface area contributed by atoms with Gasteiger partial charge < -0.3 is 20.1 Å². The Kier molecular flexibility index (Phi) is 9.05. The molecule has 0 saturated heterocycles. The molecule has 0 saturated carbocycles. The average Bonchev–Trinajstić information content (AvgIpc) is 2.76. The lowest BCUT2D eigenvalue weighted by Gasteiger charge is -2.25. The van der Waals surface area contributed by atoms with Crippen molar-refractivity contribution in [3.05, 3.63) is 64.1 Å². The summed E-state index contributed by atoms with van der Waals surface area (Å²) in [4.78, 5) is 38.0. The molecule has 0 aliphatic rings. The lowest BCUT2D eigenvalue weighted by molar-refractivity contribution is -0.145. The van der Waals surface area contributed by atoms with Gasteiger partial charge in [-0.3, -0.25) is 9.59 Å². The van der Waals surface area contributed by atoms with Crippen LogP contribution in [0.1, 0.15) is 42.7 Å². The second-order valence-electron chi connectivity index (χ2n) is 7.17. The minimum Gasteiger partial charge on any atom is -0.494 e. The topological polar surface area (TPSA) is 93.7 Å². The number of rotatable bonds is 9. The van der Waals surface area contributed by atoms with Gasteiger partial charge in [-0.1, -0.05) is 41.9 Å². The van der Waals surface area contributed by atoms with E-state index in [1.54, 1.807) is 48.5 Å². The van der Waals surface area contributed by atoms with Gasteiger partial charge in [-0.2, -0.15) is 0 Å². The van der Waals surface area contributed by atoms with Gasteiger partial charge in [0, 0.05) is 10.0 Å². The van der Waals surface area contributed by atoms with E-state index < -0.39 is 29.9 Å². The molecule has 0 radical (unpaired) electrons. The van der Waals surface area contributed by atoms with Crippen LogP contribution in [0.25, 0.3) is 0 Å². The van der Waals surface area contributed by atoms with Crippen molar-refractivity contribution >= 4 is 33.7 Å². The number of esters is 1. The summed E-state index contributed by atoms with van der Waals surface area (Å²) in [6.07, 6.45) is 0. The van der Waals surface area contributed by atoms with Crippen LogP contribution >= 0.6 is 15.9 Å². The third kappa shape index (κ3) is 6.82. The van der Waals surface area contributed by atoms with Gasteiger partial charge in [0.2, 0.25) is 5.91 Å². The van der Waals surface area contributed by atoms with Crippen molar-refractivity contribution in [1.29, 1.82) is 0 Å². The lowest BCUT2D eigenvalue weighted by Crippen LogP contribution is -2.51. The Bertz CT molecular complexity index is 897. The third-order valence-corrected chi connectivity index (χ3v) is 5.12. The van der Waals surface area contributed by atoms with E-state index in [9.17, 15) is 14.4 Å². The van der Waals surface area contributed by atoms with Crippen LogP contribution in [0, 0.1) is 5.92 Å². The fourth-order valence-electron chi connectivity index (χ4n) is 2.91. The number of hydrogen-bond donors (Lipinski definition) is 2. The molecule has 31 heavy (non-hydrogen) atoms. The van der Waals surface area contributed by atoms with Crippen LogP contribution in [0.15, 0.2) is 53.0 Å². The normalized spacial score (nSPS) is 12.6. The van der Waals surface area contributed by atoms with Crippen molar-refractivity contribution in [2.24, 2.45) is 5.92 Å². The minimum absolute atomic E-state index is 0.213. The molecule has 0 aliphatic heterocycles. The summed E-state index contributed by atoms with van der Waals surface area (Å²) in [6, 6.07) is 11.8. The first-order valence-electron chi connectivity index (χ1n) is 9.94. The summed E-state index contributed by atoms with van der Waals surface area (Å²) in [7, 11) is 1.26. The van der Waals surface area contributed by atoms with Crippen LogP contribution < -0.4 is 15.4 Å². The number of hydrogen-bond acceptors (Lipinski definition) is 5. The quantitative estimate of drug-likeness (QED) is 0.523. The molecule has 2 atom stereocenters. The van der Waals surface area contributed by atoms with E-state index in [4.69, 9.17) is 9.47 Å². The van der Waals surface area contributed by atoms with E-state index >= 15 is 0 Å². The molecule has 2 aromatic rings. The molecule has 0 bridgehead atoms. The van der Waals surface area contributed by atoms with Gasteiger partial charge >= 0.3 is 5.97 Å². The fourth-order valence-corrected chi connectivity index (χ4v) is 3.18. The Morgan fingerprint density at radius 2 is 1.58 bits per heavy atom. The minimum atomic E-state index is -0.991. The van der Waals surface area contributed by atoms with E-state index in [1.807, 2.05) is 20.8 Å². The molecule has 2 aromatic carbocycles. The second kappa shape index (κ2) is 11.5. The maximum Gasteiger partial charge on any atom is 0.333 e. The van der Waals surface area contributed by atoms with Gasteiger partial charge in [0.1, 0.15) is 11.8 Å². The van der Waals surface area contributed by atoms with Crippen molar-refractivity contribution in [3.63, 3.8) is 0 Å². The zero-order chi connectivity index (χ0) is 23.0. The van der Waals surface area contributed by atoms with Crippen molar-refractivity contribution < 1.29 is 23.9 Å². The molecule has 0 fully saturated rings. The fraction of sp³-hybridized carbons (Fsp3) is 0.348. The summed E-state index contributed by atoms with van der Waals surface area (Å²) < 4.78 is 11.1. The molecule has 2 unspecified atom stereocenters. The van der Waals surface area contributed by atoms with E-state index in [2.05, 4.69) is 26.6 Å². The zero-order valence-electron chi connectivity index (χ0n) is 18.0. The monoisotopic (exact) mass is 490 g/mol. The van der Waals surface area contributed by atoms with E-state index in [0.29, 0.717) is 23.5 Å². The number of carbonyl (C=O) groups excluding carboxylic acids is 3. The Labute approximate surface area is 190 Å². The largest absolute Gasteiger partial charge is 0.494 e. The number of amides is 2. The summed E-state index contributed by atoms with van der Waals surface area (Å²) in [6.45, 7) is 6.04. The molecule has 2 N–H and O–H groups in total. The van der Waals surface area contributed by atoms with E-state index in [1.165, 1.54) is 7.11 Å². The molecule has 166 valence electrons. The molecule has 0 spiro atoms. The van der Waals surface area contributed by atoms with Gasteiger partial charge in [0.05, 0.1) is 13.7 Å². The Hall–Kier alpha value is -2.87. The Morgan fingerprint density at radius 1 is 0.968 bits per heavy atom. The molecule has 0 aliphatic carbocycles. The van der Waals surface area contributed by atoms with Crippen LogP contribution in [-0.2, 0) is 14.3 Å². The Balaban J connectivity index is 2.16. The van der Waals surface area contributed by atoms with Crippen LogP contribution in [-0.4, -0.2) is 37.5 Å². The van der Waals surface area contributed by atoms with Gasteiger partial charge in [0.15, 0.2) is 6.04 Å². The zero-order valence-corrected chi connectivity index (χ0v) is 19.6. The number of benzene rings is 2. The molecule has 7 nitrogen and oxygen atoms in total.